The van der Waals surface area contributed by atoms with Crippen LogP contribution >= 0.6 is 11.8 Å². The topological polar surface area (TPSA) is 32.3 Å². The second-order valence-corrected chi connectivity index (χ2v) is 7.52. The van der Waals surface area contributed by atoms with E-state index >= 15 is 0 Å². The minimum Gasteiger partial charge on any atom is -0.360 e. The molecule has 1 N–H and O–H groups in total. The lowest BCUT2D eigenvalue weighted by molar-refractivity contribution is -0.119. The maximum atomic E-state index is 12.3. The van der Waals surface area contributed by atoms with E-state index in [1.54, 1.807) is 0 Å². The number of nitrogens with zero attached hydrogens (tertiary/aromatic N) is 1. The number of nitrogens with one attached hydrogen (secondary N) is 1. The molecular weight excluding hydrogens is 304 g/mol. The Kier molecular flexibility index (Phi) is 4.91. The van der Waals surface area contributed by atoms with E-state index < -0.39 is 0 Å². The highest BCUT2D eigenvalue weighted by molar-refractivity contribution is 8.00. The van der Waals surface area contributed by atoms with Crippen LogP contribution in [0, 0.1) is 6.92 Å². The van der Waals surface area contributed by atoms with Crippen LogP contribution in [0.1, 0.15) is 18.1 Å². The van der Waals surface area contributed by atoms with Crippen molar-refractivity contribution in [2.75, 3.05) is 18.0 Å². The summed E-state index contributed by atoms with van der Waals surface area (Å²) in [5, 5.41) is 3.52. The summed E-state index contributed by atoms with van der Waals surface area (Å²) in [6, 6.07) is 16.6. The Labute approximate surface area is 142 Å². The number of carbonyl (C=O) groups excluding carboxylic acids is 1. The molecule has 1 heterocycles. The maximum absolute atomic E-state index is 12.3. The first-order valence-corrected chi connectivity index (χ1v) is 8.82. The number of anilines is 1. The van der Waals surface area contributed by atoms with E-state index in [1.165, 1.54) is 16.1 Å². The number of hydrogen-bond acceptors (Lipinski definition) is 3. The zero-order valence-electron chi connectivity index (χ0n) is 13.6. The first kappa shape index (κ1) is 15.9. The quantitative estimate of drug-likeness (QED) is 0.931. The van der Waals surface area contributed by atoms with Gasteiger partial charge in [0.2, 0.25) is 5.91 Å². The Morgan fingerprint density at radius 3 is 2.74 bits per heavy atom. The Bertz CT molecular complexity index is 684. The molecule has 2 aromatic carbocycles. The molecule has 0 aromatic heterocycles. The lowest BCUT2D eigenvalue weighted by Gasteiger charge is -2.33. The largest absolute Gasteiger partial charge is 0.360 e. The fourth-order valence-electron chi connectivity index (χ4n) is 2.77. The molecule has 3 nitrogen and oxygen atoms in total. The smallest absolute Gasteiger partial charge is 0.239 e. The number of aryl methyl sites for hydroxylation is 1. The van der Waals surface area contributed by atoms with Gasteiger partial charge in [-0.25, -0.2) is 0 Å². The number of amides is 1. The molecule has 1 aliphatic rings. The summed E-state index contributed by atoms with van der Waals surface area (Å²) in [6.45, 7) is 6.17. The van der Waals surface area contributed by atoms with Crippen molar-refractivity contribution in [2.45, 2.75) is 30.5 Å². The van der Waals surface area contributed by atoms with Gasteiger partial charge in [-0.2, -0.15) is 0 Å². The van der Waals surface area contributed by atoms with Gasteiger partial charge in [-0.3, -0.25) is 4.79 Å². The third-order valence-corrected chi connectivity index (χ3v) is 5.11. The van der Waals surface area contributed by atoms with Crippen LogP contribution in [0.15, 0.2) is 53.4 Å². The molecule has 2 aromatic rings. The molecule has 0 bridgehead atoms. The van der Waals surface area contributed by atoms with Crippen molar-refractivity contribution in [2.24, 2.45) is 0 Å². The monoisotopic (exact) mass is 326 g/mol. The van der Waals surface area contributed by atoms with Crippen molar-refractivity contribution < 1.29 is 4.79 Å². The highest BCUT2D eigenvalue weighted by atomic mass is 32.2. The molecule has 0 radical (unpaired) electrons. The van der Waals surface area contributed by atoms with Gasteiger partial charge in [0.05, 0.1) is 12.2 Å². The van der Waals surface area contributed by atoms with Gasteiger partial charge in [0.1, 0.15) is 0 Å². The van der Waals surface area contributed by atoms with Gasteiger partial charge in [0, 0.05) is 23.2 Å². The summed E-state index contributed by atoms with van der Waals surface area (Å²) < 4.78 is 0. The lowest BCUT2D eigenvalue weighted by atomic mass is 10.1. The van der Waals surface area contributed by atoms with Crippen molar-refractivity contribution in [3.63, 3.8) is 0 Å². The number of carbonyl (C=O) groups is 1. The van der Waals surface area contributed by atoms with Gasteiger partial charge < -0.3 is 10.2 Å². The molecule has 1 aliphatic heterocycles. The van der Waals surface area contributed by atoms with Gasteiger partial charge in [0.15, 0.2) is 0 Å². The summed E-state index contributed by atoms with van der Waals surface area (Å²) in [6.07, 6.45) is 0. The summed E-state index contributed by atoms with van der Waals surface area (Å²) in [5.41, 5.74) is 3.53. The Hall–Kier alpha value is -1.94. The zero-order valence-corrected chi connectivity index (χ0v) is 14.4. The zero-order chi connectivity index (χ0) is 16.2. The highest BCUT2D eigenvalue weighted by Crippen LogP contribution is 2.37. The Morgan fingerprint density at radius 1 is 1.22 bits per heavy atom. The van der Waals surface area contributed by atoms with Gasteiger partial charge in [0.25, 0.3) is 0 Å². The predicted octanol–water partition coefficient (Wildman–Crippen LogP) is 3.61. The molecule has 0 saturated carbocycles. The molecule has 1 atom stereocenters. The van der Waals surface area contributed by atoms with Crippen molar-refractivity contribution >= 4 is 23.4 Å². The van der Waals surface area contributed by atoms with Crippen molar-refractivity contribution in [3.05, 3.63) is 59.7 Å². The van der Waals surface area contributed by atoms with E-state index in [4.69, 9.17) is 0 Å². The van der Waals surface area contributed by atoms with E-state index in [0.29, 0.717) is 18.3 Å². The van der Waals surface area contributed by atoms with Crippen LogP contribution in [0.5, 0.6) is 0 Å². The first-order chi connectivity index (χ1) is 11.1. The summed E-state index contributed by atoms with van der Waals surface area (Å²) >= 11 is 1.88. The number of benzene rings is 2. The average Bonchev–Trinajstić information content (AvgIpc) is 2.54. The van der Waals surface area contributed by atoms with Crippen molar-refractivity contribution in [1.82, 2.24) is 5.32 Å². The van der Waals surface area contributed by atoms with Crippen LogP contribution in [0.2, 0.25) is 0 Å². The molecule has 0 aliphatic carbocycles. The Morgan fingerprint density at radius 2 is 1.96 bits per heavy atom. The lowest BCUT2D eigenvalue weighted by Crippen LogP contribution is -2.41. The van der Waals surface area contributed by atoms with Crippen LogP contribution in [0.25, 0.3) is 0 Å². The molecule has 0 saturated heterocycles. The minimum atomic E-state index is 0.0690. The Balaban J connectivity index is 1.60. The molecule has 23 heavy (non-hydrogen) atoms. The number of hydrogen-bond donors (Lipinski definition) is 1. The third-order valence-electron chi connectivity index (χ3n) is 3.96. The van der Waals surface area contributed by atoms with E-state index in [-0.39, 0.29) is 5.91 Å². The van der Waals surface area contributed by atoms with Crippen LogP contribution in [0.3, 0.4) is 0 Å². The maximum Gasteiger partial charge on any atom is 0.239 e. The van der Waals surface area contributed by atoms with E-state index in [1.807, 2.05) is 17.8 Å². The van der Waals surface area contributed by atoms with Crippen molar-refractivity contribution in [3.8, 4) is 0 Å². The van der Waals surface area contributed by atoms with Crippen LogP contribution in [-0.4, -0.2) is 24.2 Å². The summed E-state index contributed by atoms with van der Waals surface area (Å²) in [5.74, 6) is 0.0690. The first-order valence-electron chi connectivity index (χ1n) is 7.94. The minimum absolute atomic E-state index is 0.0690. The molecule has 120 valence electrons. The SMILES string of the molecule is Cc1ccc(CNC(=O)CN2C[C@@H](C)Sc3ccccc32)cc1. The second-order valence-electron chi connectivity index (χ2n) is 6.04. The molecular formula is C19H22N2OS. The van der Waals surface area contributed by atoms with Crippen LogP contribution in [0.4, 0.5) is 5.69 Å². The van der Waals surface area contributed by atoms with E-state index in [9.17, 15) is 4.79 Å². The number of thioether (sulfide) groups is 1. The summed E-state index contributed by atoms with van der Waals surface area (Å²) in [4.78, 5) is 15.8. The number of para-hydroxylation sites is 1. The van der Waals surface area contributed by atoms with Crippen molar-refractivity contribution in [1.29, 1.82) is 0 Å². The second kappa shape index (κ2) is 7.09. The van der Waals surface area contributed by atoms with E-state index in [0.717, 1.165) is 12.1 Å². The molecule has 1 amide bonds. The molecule has 4 heteroatoms. The highest BCUT2D eigenvalue weighted by Gasteiger charge is 2.23. The fraction of sp³-hybridized carbons (Fsp3) is 0.316. The predicted molar refractivity (Wildman–Crippen MR) is 97.0 cm³/mol. The van der Waals surface area contributed by atoms with Gasteiger partial charge in [-0.1, -0.05) is 48.9 Å². The molecule has 3 rings (SSSR count). The number of rotatable bonds is 4. The van der Waals surface area contributed by atoms with Gasteiger partial charge in [-0.15, -0.1) is 11.8 Å². The molecule has 0 spiro atoms. The van der Waals surface area contributed by atoms with Crippen LogP contribution < -0.4 is 10.2 Å². The van der Waals surface area contributed by atoms with E-state index in [2.05, 4.69) is 66.5 Å². The van der Waals surface area contributed by atoms with Crippen LogP contribution in [-0.2, 0) is 11.3 Å². The number of fused-ring (bicyclic) bond motifs is 1. The van der Waals surface area contributed by atoms with Gasteiger partial charge >= 0.3 is 0 Å². The average molecular weight is 326 g/mol. The normalized spacial score (nSPS) is 16.8. The standard InChI is InChI=1S/C19H22N2OS/c1-14-7-9-16(10-8-14)11-20-19(22)13-21-12-15(2)23-18-6-4-3-5-17(18)21/h3-10,15H,11-13H2,1-2H3,(H,20,22)/t15-/m1/s1. The third kappa shape index (κ3) is 4.08. The molecule has 0 fully saturated rings. The fourth-order valence-corrected chi connectivity index (χ4v) is 3.93. The molecule has 0 unspecified atom stereocenters. The summed E-state index contributed by atoms with van der Waals surface area (Å²) in [7, 11) is 0. The van der Waals surface area contributed by atoms with Gasteiger partial charge in [-0.05, 0) is 24.6 Å².